The summed E-state index contributed by atoms with van der Waals surface area (Å²) < 4.78 is 2.58. The molecule has 5 rings (SSSR count). The zero-order valence-corrected chi connectivity index (χ0v) is 18.2. The van der Waals surface area contributed by atoms with Gasteiger partial charge in [0.2, 0.25) is 5.82 Å². The summed E-state index contributed by atoms with van der Waals surface area (Å²) in [5.74, 6) is -0.613. The number of benzene rings is 3. The van der Waals surface area contributed by atoms with Crippen molar-refractivity contribution in [1.82, 2.24) is 29.9 Å². The number of fused-ring (bicyclic) bond motifs is 1. The normalized spacial score (nSPS) is 11.1. The van der Waals surface area contributed by atoms with Crippen LogP contribution in [0.3, 0.4) is 0 Å². The molecule has 2 N–H and O–H groups in total. The molecule has 0 spiro atoms. The number of para-hydroxylation sites is 1. The predicted molar refractivity (Wildman–Crippen MR) is 124 cm³/mol. The number of rotatable bonds is 7. The number of carboxylic acids is 1. The van der Waals surface area contributed by atoms with Gasteiger partial charge in [-0.2, -0.15) is 5.21 Å². The van der Waals surface area contributed by atoms with Crippen molar-refractivity contribution in [3.8, 4) is 22.5 Å². The van der Waals surface area contributed by atoms with E-state index in [0.29, 0.717) is 16.9 Å². The van der Waals surface area contributed by atoms with Crippen LogP contribution in [-0.2, 0) is 6.54 Å². The molecule has 10 nitrogen and oxygen atoms in total. The number of aromatic carboxylic acids is 1. The Bertz CT molecular complexity index is 1530. The molecule has 0 bridgehead atoms. The number of hydrogen-bond acceptors (Lipinski definition) is 6. The van der Waals surface area contributed by atoms with Crippen molar-refractivity contribution in [2.75, 3.05) is 6.61 Å². The summed E-state index contributed by atoms with van der Waals surface area (Å²) in [6.07, 6.45) is 0. The van der Waals surface area contributed by atoms with E-state index in [2.05, 4.69) is 20.6 Å². The average Bonchev–Trinajstić information content (AvgIpc) is 3.48. The van der Waals surface area contributed by atoms with Gasteiger partial charge in [-0.25, -0.2) is 9.59 Å². The molecule has 34 heavy (non-hydrogen) atoms. The first kappa shape index (κ1) is 21.1. The van der Waals surface area contributed by atoms with Crippen molar-refractivity contribution in [3.63, 3.8) is 0 Å². The van der Waals surface area contributed by atoms with Gasteiger partial charge in [-0.05, 0) is 41.0 Å². The number of carbonyl (C=O) groups is 1. The Morgan fingerprint density at radius 2 is 1.79 bits per heavy atom. The van der Waals surface area contributed by atoms with Crippen LogP contribution in [0.1, 0.15) is 22.8 Å². The number of nitrogens with zero attached hydrogens (tertiary/aromatic N) is 5. The van der Waals surface area contributed by atoms with Crippen molar-refractivity contribution in [2.24, 2.45) is 0 Å². The monoisotopic (exact) mass is 456 g/mol. The number of hydrogen-bond donors (Lipinski definition) is 2. The van der Waals surface area contributed by atoms with E-state index in [1.54, 1.807) is 19.1 Å². The Morgan fingerprint density at radius 1 is 1.03 bits per heavy atom. The van der Waals surface area contributed by atoms with Crippen LogP contribution in [0.2, 0.25) is 0 Å². The van der Waals surface area contributed by atoms with Crippen molar-refractivity contribution in [3.05, 3.63) is 88.3 Å². The number of nitrogens with one attached hydrogen (secondary N) is 1. The molecule has 0 saturated carbocycles. The van der Waals surface area contributed by atoms with Crippen LogP contribution >= 0.6 is 0 Å². The molecule has 0 aliphatic rings. The maximum absolute atomic E-state index is 13.1. The fraction of sp³-hybridized carbons (Fsp3) is 0.125. The molecule has 3 aromatic carbocycles. The van der Waals surface area contributed by atoms with Gasteiger partial charge in [0.05, 0.1) is 17.6 Å². The standard InChI is InChI=1S/C24H20N6O4/c1-2-34-30-20-9-5-8-19(23(31)32)21(20)29(24(30)33)14-15-10-12-16(13-11-15)17-6-3-4-7-18(17)22-25-27-28-26-22/h3-13H,2,14H2,1H3,(H,31,32)(H,25,26,27,28). The molecule has 2 aromatic heterocycles. The first-order valence-electron chi connectivity index (χ1n) is 10.6. The lowest BCUT2D eigenvalue weighted by Gasteiger charge is -2.09. The van der Waals surface area contributed by atoms with Crippen molar-refractivity contribution in [2.45, 2.75) is 13.5 Å². The van der Waals surface area contributed by atoms with Gasteiger partial charge in [0.25, 0.3) is 0 Å². The zero-order chi connectivity index (χ0) is 23.7. The summed E-state index contributed by atoms with van der Waals surface area (Å²) in [6, 6.07) is 20.2. The summed E-state index contributed by atoms with van der Waals surface area (Å²) >= 11 is 0. The topological polar surface area (TPSA) is 128 Å². The first-order chi connectivity index (χ1) is 16.6. The Balaban J connectivity index is 1.55. The van der Waals surface area contributed by atoms with Crippen LogP contribution < -0.4 is 10.5 Å². The van der Waals surface area contributed by atoms with E-state index < -0.39 is 11.7 Å². The highest BCUT2D eigenvalue weighted by Gasteiger charge is 2.20. The molecular weight excluding hydrogens is 436 g/mol. The number of tetrazole rings is 1. The van der Waals surface area contributed by atoms with Crippen LogP contribution in [0.25, 0.3) is 33.5 Å². The molecule has 0 aliphatic carbocycles. The number of H-pyrrole nitrogens is 1. The van der Waals surface area contributed by atoms with Gasteiger partial charge < -0.3 is 9.94 Å². The van der Waals surface area contributed by atoms with E-state index in [-0.39, 0.29) is 18.7 Å². The smallest absolute Gasteiger partial charge is 0.362 e. The van der Waals surface area contributed by atoms with Crippen molar-refractivity contribution in [1.29, 1.82) is 0 Å². The lowest BCUT2D eigenvalue weighted by Crippen LogP contribution is -2.29. The molecule has 0 fully saturated rings. The Labute approximate surface area is 193 Å². The van der Waals surface area contributed by atoms with Gasteiger partial charge in [-0.3, -0.25) is 4.57 Å². The van der Waals surface area contributed by atoms with Gasteiger partial charge in [0, 0.05) is 5.56 Å². The fourth-order valence-corrected chi connectivity index (χ4v) is 4.04. The van der Waals surface area contributed by atoms with Crippen molar-refractivity contribution < 1.29 is 14.7 Å². The highest BCUT2D eigenvalue weighted by molar-refractivity contribution is 6.01. The molecule has 170 valence electrons. The van der Waals surface area contributed by atoms with Crippen LogP contribution in [0.15, 0.2) is 71.5 Å². The van der Waals surface area contributed by atoms with Gasteiger partial charge in [-0.1, -0.05) is 54.6 Å². The number of aromatic nitrogens is 6. The molecule has 0 amide bonds. The second-order valence-corrected chi connectivity index (χ2v) is 7.54. The maximum atomic E-state index is 13.1. The van der Waals surface area contributed by atoms with Gasteiger partial charge in [0.1, 0.15) is 12.1 Å². The zero-order valence-electron chi connectivity index (χ0n) is 18.2. The third-order valence-corrected chi connectivity index (χ3v) is 5.52. The first-order valence-corrected chi connectivity index (χ1v) is 10.6. The molecular formula is C24H20N6O4. The highest BCUT2D eigenvalue weighted by atomic mass is 16.7. The van der Waals surface area contributed by atoms with Gasteiger partial charge in [0.15, 0.2) is 0 Å². The second kappa shape index (κ2) is 8.66. The minimum absolute atomic E-state index is 0.0405. The fourth-order valence-electron chi connectivity index (χ4n) is 4.04. The summed E-state index contributed by atoms with van der Waals surface area (Å²) in [6.45, 7) is 2.22. The van der Waals surface area contributed by atoms with Gasteiger partial charge in [-0.15, -0.1) is 14.9 Å². The summed E-state index contributed by atoms with van der Waals surface area (Å²) in [4.78, 5) is 30.5. The van der Waals surface area contributed by atoms with Crippen LogP contribution in [0.5, 0.6) is 0 Å². The summed E-state index contributed by atoms with van der Waals surface area (Å²) in [5.41, 5.74) is 3.89. The van der Waals surface area contributed by atoms with E-state index >= 15 is 0 Å². The predicted octanol–water partition coefficient (Wildman–Crippen LogP) is 2.85. The highest BCUT2D eigenvalue weighted by Crippen LogP contribution is 2.30. The van der Waals surface area contributed by atoms with Gasteiger partial charge >= 0.3 is 11.7 Å². The van der Waals surface area contributed by atoms with E-state index in [1.165, 1.54) is 10.6 Å². The van der Waals surface area contributed by atoms with Crippen LogP contribution in [-0.4, -0.2) is 47.6 Å². The summed E-state index contributed by atoms with van der Waals surface area (Å²) in [7, 11) is 0. The molecule has 0 atom stereocenters. The lowest BCUT2D eigenvalue weighted by atomic mass is 9.98. The molecule has 0 unspecified atom stereocenters. The third-order valence-electron chi connectivity index (χ3n) is 5.52. The minimum atomic E-state index is -1.11. The molecule has 10 heteroatoms. The van der Waals surface area contributed by atoms with E-state index in [4.69, 9.17) is 4.84 Å². The Kier molecular flexibility index (Phi) is 5.38. The average molecular weight is 456 g/mol. The quantitative estimate of drug-likeness (QED) is 0.385. The largest absolute Gasteiger partial charge is 0.478 e. The Morgan fingerprint density at radius 3 is 2.47 bits per heavy atom. The van der Waals surface area contributed by atoms with Crippen molar-refractivity contribution >= 4 is 17.0 Å². The SMILES string of the molecule is CCOn1c(=O)n(Cc2ccc(-c3ccccc3-c3nn[nH]n3)cc2)c2c(C(=O)O)cccc21. The van der Waals surface area contributed by atoms with E-state index in [9.17, 15) is 14.7 Å². The summed E-state index contributed by atoms with van der Waals surface area (Å²) in [5, 5.41) is 24.0. The molecule has 2 heterocycles. The molecule has 0 radical (unpaired) electrons. The van der Waals surface area contributed by atoms with Crippen LogP contribution in [0, 0.1) is 0 Å². The number of aromatic amines is 1. The minimum Gasteiger partial charge on any atom is -0.478 e. The molecule has 0 aliphatic heterocycles. The number of imidazole rings is 1. The second-order valence-electron chi connectivity index (χ2n) is 7.54. The molecule has 5 aromatic rings. The van der Waals surface area contributed by atoms with Crippen LogP contribution in [0.4, 0.5) is 0 Å². The third kappa shape index (κ3) is 3.60. The van der Waals surface area contributed by atoms with E-state index in [0.717, 1.165) is 27.0 Å². The Hall–Kier alpha value is -4.73. The van der Waals surface area contributed by atoms with E-state index in [1.807, 2.05) is 48.5 Å². The molecule has 0 saturated heterocycles. The lowest BCUT2D eigenvalue weighted by molar-refractivity contribution is 0.0698. The maximum Gasteiger partial charge on any atom is 0.362 e. The number of carboxylic acid groups (broad SMARTS) is 1.